The average Bonchev–Trinajstić information content (AvgIpc) is 2.47. The maximum absolute atomic E-state index is 11.8. The zero-order valence-corrected chi connectivity index (χ0v) is 13.2. The fourth-order valence-corrected chi connectivity index (χ4v) is 2.18. The van der Waals surface area contributed by atoms with Crippen molar-refractivity contribution in [2.24, 2.45) is 0 Å². The van der Waals surface area contributed by atoms with Crippen LogP contribution in [0.2, 0.25) is 10.0 Å². The third-order valence-corrected chi connectivity index (χ3v) is 3.37. The van der Waals surface area contributed by atoms with E-state index in [4.69, 9.17) is 27.9 Å². The summed E-state index contributed by atoms with van der Waals surface area (Å²) in [6, 6.07) is 11.7. The van der Waals surface area contributed by atoms with Gasteiger partial charge in [0, 0.05) is 10.7 Å². The highest BCUT2D eigenvalue weighted by Crippen LogP contribution is 2.21. The van der Waals surface area contributed by atoms with Crippen LogP contribution >= 0.6 is 23.2 Å². The first-order valence-corrected chi connectivity index (χ1v) is 7.20. The molecule has 0 spiro atoms. The van der Waals surface area contributed by atoms with E-state index in [2.05, 4.69) is 5.32 Å². The summed E-state index contributed by atoms with van der Waals surface area (Å²) in [6.07, 6.45) is 0. The van der Waals surface area contributed by atoms with Crippen molar-refractivity contribution in [3.8, 4) is 0 Å². The Bertz CT molecular complexity index is 699. The summed E-state index contributed by atoms with van der Waals surface area (Å²) in [5.41, 5.74) is 1.88. The van der Waals surface area contributed by atoms with Gasteiger partial charge >= 0.3 is 5.97 Å². The highest BCUT2D eigenvalue weighted by atomic mass is 35.5. The number of amides is 1. The molecule has 0 heterocycles. The molecular formula is C16H13Cl2NO3. The molecule has 0 aliphatic rings. The molecule has 1 amide bonds. The quantitative estimate of drug-likeness (QED) is 0.854. The lowest BCUT2D eigenvalue weighted by Crippen LogP contribution is -2.21. The average molecular weight is 338 g/mol. The second-order valence-electron chi connectivity index (χ2n) is 4.61. The molecule has 0 fully saturated rings. The second kappa shape index (κ2) is 7.29. The van der Waals surface area contributed by atoms with Gasteiger partial charge in [-0.15, -0.1) is 0 Å². The molecule has 0 saturated heterocycles. The molecule has 0 aromatic heterocycles. The maximum Gasteiger partial charge on any atom is 0.340 e. The van der Waals surface area contributed by atoms with Gasteiger partial charge in [0.05, 0.1) is 10.6 Å². The zero-order valence-electron chi connectivity index (χ0n) is 11.7. The van der Waals surface area contributed by atoms with E-state index in [9.17, 15) is 9.59 Å². The smallest absolute Gasteiger partial charge is 0.340 e. The molecule has 0 aliphatic carbocycles. The Labute approximate surface area is 138 Å². The summed E-state index contributed by atoms with van der Waals surface area (Å²) in [7, 11) is 0. The number of carbonyl (C=O) groups is 2. The first-order valence-electron chi connectivity index (χ1n) is 6.44. The van der Waals surface area contributed by atoms with Crippen molar-refractivity contribution in [3.05, 3.63) is 63.6 Å². The molecule has 0 bridgehead atoms. The van der Waals surface area contributed by atoms with E-state index in [1.54, 1.807) is 12.1 Å². The number of halogens is 2. The van der Waals surface area contributed by atoms with Crippen LogP contribution in [0.5, 0.6) is 0 Å². The van der Waals surface area contributed by atoms with E-state index in [-0.39, 0.29) is 10.6 Å². The standard InChI is InChI=1S/C16H13Cl2NO3/c1-10-2-5-12(6-3-10)19-15(20)9-22-16(21)13-7-4-11(17)8-14(13)18/h2-8H,9H2,1H3,(H,19,20). The first-order chi connectivity index (χ1) is 10.5. The van der Waals surface area contributed by atoms with Gasteiger partial charge in [-0.25, -0.2) is 4.79 Å². The maximum atomic E-state index is 11.8. The van der Waals surface area contributed by atoms with Crippen LogP contribution in [-0.2, 0) is 9.53 Å². The number of carbonyl (C=O) groups excluding carboxylic acids is 2. The lowest BCUT2D eigenvalue weighted by Gasteiger charge is -2.08. The summed E-state index contributed by atoms with van der Waals surface area (Å²) in [5.74, 6) is -1.11. The number of anilines is 1. The fraction of sp³-hybridized carbons (Fsp3) is 0.125. The number of esters is 1. The molecule has 2 rings (SSSR count). The molecule has 0 saturated carbocycles. The largest absolute Gasteiger partial charge is 0.452 e. The molecule has 2 aromatic rings. The Morgan fingerprint density at radius 2 is 1.77 bits per heavy atom. The van der Waals surface area contributed by atoms with Gasteiger partial charge in [0.15, 0.2) is 6.61 Å². The second-order valence-corrected chi connectivity index (χ2v) is 5.46. The van der Waals surface area contributed by atoms with Crippen molar-refractivity contribution in [2.75, 3.05) is 11.9 Å². The van der Waals surface area contributed by atoms with E-state index in [0.29, 0.717) is 10.7 Å². The normalized spacial score (nSPS) is 10.1. The lowest BCUT2D eigenvalue weighted by atomic mass is 10.2. The Morgan fingerprint density at radius 3 is 2.41 bits per heavy atom. The molecule has 0 unspecified atom stereocenters. The number of rotatable bonds is 4. The number of aryl methyl sites for hydroxylation is 1. The van der Waals surface area contributed by atoms with Crippen LogP contribution in [0.4, 0.5) is 5.69 Å². The van der Waals surface area contributed by atoms with E-state index >= 15 is 0 Å². The fourth-order valence-electron chi connectivity index (χ4n) is 1.70. The zero-order chi connectivity index (χ0) is 16.1. The Kier molecular flexibility index (Phi) is 5.41. The first kappa shape index (κ1) is 16.3. The molecule has 0 atom stereocenters. The van der Waals surface area contributed by atoms with Gasteiger partial charge in [0.2, 0.25) is 0 Å². The highest BCUT2D eigenvalue weighted by Gasteiger charge is 2.14. The van der Waals surface area contributed by atoms with Crippen LogP contribution in [0.15, 0.2) is 42.5 Å². The molecule has 0 aliphatic heterocycles. The van der Waals surface area contributed by atoms with Gasteiger partial charge in [-0.2, -0.15) is 0 Å². The number of hydrogen-bond acceptors (Lipinski definition) is 3. The van der Waals surface area contributed by atoms with Crippen LogP contribution in [0.1, 0.15) is 15.9 Å². The minimum Gasteiger partial charge on any atom is -0.452 e. The van der Waals surface area contributed by atoms with E-state index in [1.165, 1.54) is 18.2 Å². The van der Waals surface area contributed by atoms with Crippen molar-refractivity contribution >= 4 is 40.8 Å². The summed E-state index contributed by atoms with van der Waals surface area (Å²) in [5, 5.41) is 3.22. The van der Waals surface area contributed by atoms with E-state index in [1.807, 2.05) is 19.1 Å². The summed E-state index contributed by atoms with van der Waals surface area (Å²) in [4.78, 5) is 23.6. The van der Waals surface area contributed by atoms with Crippen LogP contribution in [-0.4, -0.2) is 18.5 Å². The van der Waals surface area contributed by atoms with Crippen molar-refractivity contribution in [1.29, 1.82) is 0 Å². The topological polar surface area (TPSA) is 55.4 Å². The monoisotopic (exact) mass is 337 g/mol. The van der Waals surface area contributed by atoms with Crippen LogP contribution in [0.25, 0.3) is 0 Å². The lowest BCUT2D eigenvalue weighted by molar-refractivity contribution is -0.119. The van der Waals surface area contributed by atoms with Gasteiger partial charge in [-0.1, -0.05) is 40.9 Å². The van der Waals surface area contributed by atoms with Crippen molar-refractivity contribution in [3.63, 3.8) is 0 Å². The summed E-state index contributed by atoms with van der Waals surface area (Å²) < 4.78 is 4.93. The SMILES string of the molecule is Cc1ccc(NC(=O)COC(=O)c2ccc(Cl)cc2Cl)cc1. The molecule has 114 valence electrons. The third kappa shape index (κ3) is 4.48. The number of benzene rings is 2. The van der Waals surface area contributed by atoms with Crippen LogP contribution in [0, 0.1) is 6.92 Å². The minimum atomic E-state index is -0.680. The summed E-state index contributed by atoms with van der Waals surface area (Å²) >= 11 is 11.6. The number of hydrogen-bond donors (Lipinski definition) is 1. The molecule has 22 heavy (non-hydrogen) atoms. The Hall–Kier alpha value is -2.04. The molecule has 0 radical (unpaired) electrons. The van der Waals surface area contributed by atoms with Crippen molar-refractivity contribution in [1.82, 2.24) is 0 Å². The van der Waals surface area contributed by atoms with Crippen molar-refractivity contribution < 1.29 is 14.3 Å². The van der Waals surface area contributed by atoms with Gasteiger partial charge in [-0.05, 0) is 37.3 Å². The van der Waals surface area contributed by atoms with Gasteiger partial charge in [0.25, 0.3) is 5.91 Å². The van der Waals surface area contributed by atoms with Crippen LogP contribution < -0.4 is 5.32 Å². The highest BCUT2D eigenvalue weighted by molar-refractivity contribution is 6.36. The molecular weight excluding hydrogens is 325 g/mol. The summed E-state index contributed by atoms with van der Waals surface area (Å²) in [6.45, 7) is 1.55. The van der Waals surface area contributed by atoms with Gasteiger partial charge in [0.1, 0.15) is 0 Å². The number of ether oxygens (including phenoxy) is 1. The van der Waals surface area contributed by atoms with E-state index in [0.717, 1.165) is 5.56 Å². The molecule has 6 heteroatoms. The van der Waals surface area contributed by atoms with Crippen LogP contribution in [0.3, 0.4) is 0 Å². The minimum absolute atomic E-state index is 0.161. The Balaban J connectivity index is 1.90. The van der Waals surface area contributed by atoms with E-state index < -0.39 is 18.5 Å². The molecule has 4 nitrogen and oxygen atoms in total. The van der Waals surface area contributed by atoms with Gasteiger partial charge in [-0.3, -0.25) is 4.79 Å². The molecule has 2 aromatic carbocycles. The predicted octanol–water partition coefficient (Wildman–Crippen LogP) is 4.10. The van der Waals surface area contributed by atoms with Gasteiger partial charge < -0.3 is 10.1 Å². The van der Waals surface area contributed by atoms with Crippen molar-refractivity contribution in [2.45, 2.75) is 6.92 Å². The number of nitrogens with one attached hydrogen (secondary N) is 1. The molecule has 1 N–H and O–H groups in total. The Morgan fingerprint density at radius 1 is 1.09 bits per heavy atom. The predicted molar refractivity (Wildman–Crippen MR) is 86.6 cm³/mol. The third-order valence-electron chi connectivity index (χ3n) is 2.82.